The van der Waals surface area contributed by atoms with E-state index in [2.05, 4.69) is 11.4 Å². The minimum absolute atomic E-state index is 0.0502. The van der Waals surface area contributed by atoms with E-state index in [4.69, 9.17) is 9.47 Å². The van der Waals surface area contributed by atoms with Crippen LogP contribution >= 0.6 is 0 Å². The Balaban J connectivity index is 1.21. The summed E-state index contributed by atoms with van der Waals surface area (Å²) in [5, 5.41) is 3.38. The largest absolute Gasteiger partial charge is 0.490 e. The van der Waals surface area contributed by atoms with Crippen LogP contribution in [0.25, 0.3) is 0 Å². The van der Waals surface area contributed by atoms with Gasteiger partial charge in [-0.25, -0.2) is 4.39 Å². The lowest BCUT2D eigenvalue weighted by molar-refractivity contribution is -0.131. The number of nitrogens with zero attached hydrogens (tertiary/aromatic N) is 2. The number of amides is 2. The Morgan fingerprint density at radius 2 is 1.74 bits per heavy atom. The van der Waals surface area contributed by atoms with Crippen LogP contribution in [0.2, 0.25) is 0 Å². The van der Waals surface area contributed by atoms with Gasteiger partial charge in [-0.05, 0) is 79.6 Å². The van der Waals surface area contributed by atoms with Crippen LogP contribution in [0.1, 0.15) is 105 Å². The smallest absolute Gasteiger partial charge is 0.253 e. The molecule has 2 aliphatic heterocycles. The van der Waals surface area contributed by atoms with Crippen LogP contribution in [-0.4, -0.2) is 66.5 Å². The summed E-state index contributed by atoms with van der Waals surface area (Å²) in [6.07, 6.45) is 9.74. The third kappa shape index (κ3) is 8.28. The molecule has 1 N–H and O–H groups in total. The van der Waals surface area contributed by atoms with E-state index in [1.54, 1.807) is 4.90 Å². The molecule has 0 spiro atoms. The zero-order chi connectivity index (χ0) is 30.2. The molecule has 2 aromatic rings. The van der Waals surface area contributed by atoms with Crippen LogP contribution in [0.3, 0.4) is 0 Å². The summed E-state index contributed by atoms with van der Waals surface area (Å²) in [6, 6.07) is 10.8. The molecule has 43 heavy (non-hydrogen) atoms. The quantitative estimate of drug-likeness (QED) is 0.325. The second kappa shape index (κ2) is 15.0. The Bertz CT molecular complexity index is 1230. The first kappa shape index (κ1) is 31.3. The molecule has 2 aromatic carbocycles. The maximum atomic E-state index is 14.5. The minimum atomic E-state index is -0.370. The second-order valence-electron chi connectivity index (χ2n) is 12.4. The average molecular weight is 594 g/mol. The summed E-state index contributed by atoms with van der Waals surface area (Å²) >= 11 is 0. The monoisotopic (exact) mass is 593 g/mol. The maximum Gasteiger partial charge on any atom is 0.253 e. The van der Waals surface area contributed by atoms with Gasteiger partial charge in [0.15, 0.2) is 0 Å². The highest BCUT2D eigenvalue weighted by Crippen LogP contribution is 2.39. The molecule has 1 aliphatic carbocycles. The highest BCUT2D eigenvalue weighted by Gasteiger charge is 2.28. The van der Waals surface area contributed by atoms with Gasteiger partial charge in [0.1, 0.15) is 29.5 Å². The third-order valence-electron chi connectivity index (χ3n) is 9.10. The number of nitrogens with one attached hydrogen (secondary N) is 1. The van der Waals surface area contributed by atoms with Gasteiger partial charge in [-0.2, -0.15) is 0 Å². The number of rotatable bonds is 11. The lowest BCUT2D eigenvalue weighted by Gasteiger charge is -2.33. The van der Waals surface area contributed by atoms with Crippen LogP contribution in [0.15, 0.2) is 36.4 Å². The van der Waals surface area contributed by atoms with Gasteiger partial charge in [-0.15, -0.1) is 0 Å². The van der Waals surface area contributed by atoms with Crippen molar-refractivity contribution in [3.8, 4) is 11.5 Å². The normalized spacial score (nSPS) is 19.8. The Hall–Kier alpha value is -3.13. The Morgan fingerprint density at radius 3 is 2.44 bits per heavy atom. The van der Waals surface area contributed by atoms with Crippen LogP contribution in [-0.2, 0) is 11.3 Å². The lowest BCUT2D eigenvalue weighted by Crippen LogP contribution is -2.41. The van der Waals surface area contributed by atoms with E-state index in [0.717, 1.165) is 55.6 Å². The van der Waals surface area contributed by atoms with Crippen LogP contribution < -0.4 is 14.8 Å². The maximum absolute atomic E-state index is 14.5. The summed E-state index contributed by atoms with van der Waals surface area (Å²) in [5.74, 6) is 1.60. The molecule has 3 fully saturated rings. The van der Waals surface area contributed by atoms with E-state index >= 15 is 0 Å². The first-order valence-electron chi connectivity index (χ1n) is 16.5. The van der Waals surface area contributed by atoms with Crippen molar-refractivity contribution in [2.75, 3.05) is 32.7 Å². The van der Waals surface area contributed by atoms with E-state index in [-0.39, 0.29) is 29.8 Å². The summed E-state index contributed by atoms with van der Waals surface area (Å²) in [4.78, 5) is 29.6. The van der Waals surface area contributed by atoms with E-state index in [1.165, 1.54) is 37.0 Å². The molecule has 2 heterocycles. The fourth-order valence-corrected chi connectivity index (χ4v) is 6.77. The Labute approximate surface area is 256 Å². The van der Waals surface area contributed by atoms with Gasteiger partial charge in [0, 0.05) is 63.6 Å². The average Bonchev–Trinajstić information content (AvgIpc) is 3.54. The number of hydrogen-bond donors (Lipinski definition) is 1. The lowest BCUT2D eigenvalue weighted by atomic mass is 9.83. The van der Waals surface area contributed by atoms with Crippen LogP contribution in [0.5, 0.6) is 11.5 Å². The highest BCUT2D eigenvalue weighted by atomic mass is 19.1. The van der Waals surface area contributed by atoms with Crippen molar-refractivity contribution in [1.29, 1.82) is 0 Å². The van der Waals surface area contributed by atoms with E-state index in [9.17, 15) is 14.0 Å². The number of benzene rings is 2. The minimum Gasteiger partial charge on any atom is -0.490 e. The number of piperidine rings is 1. The first-order valence-corrected chi connectivity index (χ1v) is 16.5. The van der Waals surface area contributed by atoms with Gasteiger partial charge in [0.25, 0.3) is 5.91 Å². The Kier molecular flexibility index (Phi) is 11.0. The van der Waals surface area contributed by atoms with Gasteiger partial charge >= 0.3 is 0 Å². The van der Waals surface area contributed by atoms with E-state index in [0.29, 0.717) is 57.1 Å². The van der Waals surface area contributed by atoms with Gasteiger partial charge in [0.05, 0.1) is 0 Å². The van der Waals surface area contributed by atoms with E-state index in [1.807, 2.05) is 36.9 Å². The van der Waals surface area contributed by atoms with Crippen molar-refractivity contribution in [3.63, 3.8) is 0 Å². The number of ether oxygens (including phenoxy) is 2. The first-order chi connectivity index (χ1) is 20.9. The van der Waals surface area contributed by atoms with Crippen molar-refractivity contribution in [3.05, 3.63) is 58.9 Å². The molecule has 1 saturated carbocycles. The molecule has 0 unspecified atom stereocenters. The third-order valence-corrected chi connectivity index (χ3v) is 9.10. The molecule has 2 saturated heterocycles. The number of carbonyl (C=O) groups excluding carboxylic acids is 2. The molecular formula is C35H48FN3O4. The van der Waals surface area contributed by atoms with E-state index < -0.39 is 0 Å². The van der Waals surface area contributed by atoms with Crippen molar-refractivity contribution < 1.29 is 23.5 Å². The van der Waals surface area contributed by atoms with Crippen molar-refractivity contribution in [1.82, 2.24) is 15.1 Å². The second-order valence-corrected chi connectivity index (χ2v) is 12.4. The van der Waals surface area contributed by atoms with Gasteiger partial charge in [-0.1, -0.05) is 33.1 Å². The highest BCUT2D eigenvalue weighted by molar-refractivity contribution is 5.94. The molecule has 8 heteroatoms. The predicted molar refractivity (Wildman–Crippen MR) is 166 cm³/mol. The van der Waals surface area contributed by atoms with Crippen molar-refractivity contribution in [2.24, 2.45) is 0 Å². The fourth-order valence-electron chi connectivity index (χ4n) is 6.77. The number of hydrogen-bond acceptors (Lipinski definition) is 5. The Morgan fingerprint density at radius 1 is 0.953 bits per heavy atom. The molecule has 3 aliphatic rings. The number of halogens is 1. The standard InChI is InChI=1S/C35H48FN3O4/c1-3-16-39(34(40)4-2)24-25-19-28(36)22-31(20-25)42-29-13-17-38(18-14-29)35(41)27-10-11-33(43-30-12-15-37-23-30)32(21-27)26-8-6-5-7-9-26/h10-11,19-22,26,29-30,37H,3-9,12-18,23-24H2,1-2H3/t30-/m0/s1. The van der Waals surface area contributed by atoms with Gasteiger partial charge in [-0.3, -0.25) is 9.59 Å². The van der Waals surface area contributed by atoms with Crippen molar-refractivity contribution >= 4 is 11.8 Å². The van der Waals surface area contributed by atoms with Crippen LogP contribution in [0, 0.1) is 5.82 Å². The predicted octanol–water partition coefficient (Wildman–Crippen LogP) is 6.45. The molecule has 7 nitrogen and oxygen atoms in total. The van der Waals surface area contributed by atoms with Crippen molar-refractivity contribution in [2.45, 2.75) is 103 Å². The fraction of sp³-hybridized carbons (Fsp3) is 0.600. The summed E-state index contributed by atoms with van der Waals surface area (Å²) in [7, 11) is 0. The number of likely N-dealkylation sites (tertiary alicyclic amines) is 1. The molecule has 0 radical (unpaired) electrons. The topological polar surface area (TPSA) is 71.1 Å². The van der Waals surface area contributed by atoms with Gasteiger partial charge < -0.3 is 24.6 Å². The summed E-state index contributed by atoms with van der Waals surface area (Å²) in [5.41, 5.74) is 2.64. The molecular weight excluding hydrogens is 545 g/mol. The molecule has 2 amide bonds. The van der Waals surface area contributed by atoms with Gasteiger partial charge in [0.2, 0.25) is 5.91 Å². The molecule has 5 rings (SSSR count). The zero-order valence-corrected chi connectivity index (χ0v) is 25.9. The van der Waals surface area contributed by atoms with Crippen LogP contribution in [0.4, 0.5) is 4.39 Å². The molecule has 234 valence electrons. The molecule has 1 atom stereocenters. The molecule has 0 aromatic heterocycles. The summed E-state index contributed by atoms with van der Waals surface area (Å²) in [6.45, 7) is 7.91. The SMILES string of the molecule is CCCN(Cc1cc(F)cc(OC2CCN(C(=O)c3ccc(O[C@H]4CCNC4)c(C4CCCCC4)c3)CC2)c1)C(=O)CC. The number of carbonyl (C=O) groups is 2. The zero-order valence-electron chi connectivity index (χ0n) is 25.9. The summed E-state index contributed by atoms with van der Waals surface area (Å²) < 4.78 is 27.2. The molecule has 0 bridgehead atoms.